The van der Waals surface area contributed by atoms with E-state index in [2.05, 4.69) is 13.0 Å². The highest BCUT2D eigenvalue weighted by Crippen LogP contribution is 2.25. The van der Waals surface area contributed by atoms with E-state index in [0.29, 0.717) is 6.42 Å². The molecule has 0 fully saturated rings. The number of carboxylic acid groups (broad SMARTS) is 1. The molecule has 1 rings (SSSR count). The van der Waals surface area contributed by atoms with Gasteiger partial charge in [0.25, 0.3) is 0 Å². The molecule has 0 aromatic rings. The highest BCUT2D eigenvalue weighted by molar-refractivity contribution is 6.07. The summed E-state index contributed by atoms with van der Waals surface area (Å²) in [5, 5.41) is 8.57. The van der Waals surface area contributed by atoms with E-state index in [4.69, 9.17) is 5.11 Å². The maximum atomic E-state index is 11.9. The Morgan fingerprint density at radius 2 is 1.96 bits per heavy atom. The van der Waals surface area contributed by atoms with E-state index in [9.17, 15) is 9.59 Å². The summed E-state index contributed by atoms with van der Waals surface area (Å²) in [5.41, 5.74) is 0.854. The van der Waals surface area contributed by atoms with E-state index >= 15 is 0 Å². The predicted molar refractivity (Wildman–Crippen MR) is 94.2 cm³/mol. The van der Waals surface area contributed by atoms with Gasteiger partial charge in [0.05, 0.1) is 0 Å². The molecule has 0 saturated heterocycles. The first-order valence-corrected chi connectivity index (χ1v) is 8.61. The molecule has 0 saturated carbocycles. The van der Waals surface area contributed by atoms with Crippen molar-refractivity contribution in [3.63, 3.8) is 0 Å². The van der Waals surface area contributed by atoms with Crippen LogP contribution in [0.2, 0.25) is 0 Å². The number of rotatable bonds is 11. The fraction of sp³-hybridized carbons (Fsp3) is 0.500. The van der Waals surface area contributed by atoms with Crippen molar-refractivity contribution in [3.8, 4) is 0 Å². The van der Waals surface area contributed by atoms with Gasteiger partial charge in [-0.15, -0.1) is 0 Å². The van der Waals surface area contributed by atoms with Gasteiger partial charge in [0, 0.05) is 17.9 Å². The van der Waals surface area contributed by atoms with Gasteiger partial charge < -0.3 is 5.11 Å². The van der Waals surface area contributed by atoms with Crippen LogP contribution in [0.4, 0.5) is 0 Å². The van der Waals surface area contributed by atoms with E-state index in [1.807, 2.05) is 30.4 Å². The lowest BCUT2D eigenvalue weighted by Gasteiger charge is -2.06. The number of aliphatic carboxylic acids is 1. The van der Waals surface area contributed by atoms with E-state index in [0.717, 1.165) is 24.8 Å². The Labute approximate surface area is 139 Å². The van der Waals surface area contributed by atoms with Crippen molar-refractivity contribution in [1.29, 1.82) is 0 Å². The minimum absolute atomic E-state index is 0.104. The predicted octanol–water partition coefficient (Wildman–Crippen LogP) is 5.01. The minimum Gasteiger partial charge on any atom is -0.481 e. The second-order valence-corrected chi connectivity index (χ2v) is 5.87. The molecule has 23 heavy (non-hydrogen) atoms. The summed E-state index contributed by atoms with van der Waals surface area (Å²) in [7, 11) is 0. The Morgan fingerprint density at radius 3 is 2.70 bits per heavy atom. The van der Waals surface area contributed by atoms with E-state index < -0.39 is 5.97 Å². The van der Waals surface area contributed by atoms with Crippen molar-refractivity contribution in [2.45, 2.75) is 58.3 Å². The zero-order valence-electron chi connectivity index (χ0n) is 14.0. The average molecular weight is 316 g/mol. The lowest BCUT2D eigenvalue weighted by molar-refractivity contribution is -0.137. The largest absolute Gasteiger partial charge is 0.481 e. The van der Waals surface area contributed by atoms with Gasteiger partial charge in [-0.2, -0.15) is 0 Å². The summed E-state index contributed by atoms with van der Waals surface area (Å²) in [4.78, 5) is 22.3. The molecule has 3 heteroatoms. The first-order chi connectivity index (χ1) is 11.1. The number of hydrogen-bond donors (Lipinski definition) is 1. The Kier molecular flexibility index (Phi) is 9.69. The second kappa shape index (κ2) is 11.6. The van der Waals surface area contributed by atoms with E-state index in [1.165, 1.54) is 19.3 Å². The van der Waals surface area contributed by atoms with Crippen molar-refractivity contribution in [3.05, 3.63) is 48.1 Å². The molecule has 126 valence electrons. The highest BCUT2D eigenvalue weighted by atomic mass is 16.4. The molecule has 0 aromatic carbocycles. The van der Waals surface area contributed by atoms with Gasteiger partial charge in [-0.1, -0.05) is 56.2 Å². The summed E-state index contributed by atoms with van der Waals surface area (Å²) in [6, 6.07) is 0. The van der Waals surface area contributed by atoms with Crippen LogP contribution < -0.4 is 0 Å². The van der Waals surface area contributed by atoms with Crippen molar-refractivity contribution in [2.75, 3.05) is 0 Å². The molecule has 0 bridgehead atoms. The smallest absolute Gasteiger partial charge is 0.303 e. The van der Waals surface area contributed by atoms with Gasteiger partial charge in [-0.3, -0.25) is 9.59 Å². The molecule has 1 N–H and O–H groups in total. The lowest BCUT2D eigenvalue weighted by Crippen LogP contribution is -2.01. The third kappa shape index (κ3) is 8.34. The quantitative estimate of drug-likeness (QED) is 0.331. The Balaban J connectivity index is 2.38. The average Bonchev–Trinajstić information content (AvgIpc) is 2.86. The summed E-state index contributed by atoms with van der Waals surface area (Å²) in [6.07, 6.45) is 20.9. The molecule has 0 aliphatic heterocycles. The molecular formula is C20H28O3. The van der Waals surface area contributed by atoms with Gasteiger partial charge in [0.15, 0.2) is 5.78 Å². The summed E-state index contributed by atoms with van der Waals surface area (Å²) in [5.74, 6) is -0.496. The first kappa shape index (κ1) is 19.1. The molecule has 0 spiro atoms. The minimum atomic E-state index is -0.751. The van der Waals surface area contributed by atoms with Crippen molar-refractivity contribution < 1.29 is 14.7 Å². The topological polar surface area (TPSA) is 54.4 Å². The molecule has 0 radical (unpaired) electrons. The van der Waals surface area contributed by atoms with Crippen LogP contribution in [-0.2, 0) is 9.59 Å². The Bertz CT molecular complexity index is 495. The third-order valence-corrected chi connectivity index (χ3v) is 3.87. The van der Waals surface area contributed by atoms with Crippen molar-refractivity contribution in [1.82, 2.24) is 0 Å². The third-order valence-electron chi connectivity index (χ3n) is 3.87. The van der Waals surface area contributed by atoms with Gasteiger partial charge in [-0.05, 0) is 38.2 Å². The van der Waals surface area contributed by atoms with Gasteiger partial charge >= 0.3 is 5.97 Å². The molecule has 0 amide bonds. The lowest BCUT2D eigenvalue weighted by atomic mass is 9.97. The van der Waals surface area contributed by atoms with Crippen LogP contribution >= 0.6 is 0 Å². The fourth-order valence-electron chi connectivity index (χ4n) is 2.51. The number of unbranched alkanes of at least 4 members (excludes halogenated alkanes) is 4. The van der Waals surface area contributed by atoms with Gasteiger partial charge in [-0.25, -0.2) is 0 Å². The van der Waals surface area contributed by atoms with Crippen LogP contribution in [0, 0.1) is 5.92 Å². The van der Waals surface area contributed by atoms with E-state index in [-0.39, 0.29) is 18.1 Å². The van der Waals surface area contributed by atoms with Crippen molar-refractivity contribution in [2.24, 2.45) is 5.92 Å². The maximum absolute atomic E-state index is 11.9. The Hall–Kier alpha value is -1.90. The number of carboxylic acids is 1. The monoisotopic (exact) mass is 316 g/mol. The van der Waals surface area contributed by atoms with Crippen LogP contribution in [0.5, 0.6) is 0 Å². The first-order valence-electron chi connectivity index (χ1n) is 8.61. The highest BCUT2D eigenvalue weighted by Gasteiger charge is 2.20. The van der Waals surface area contributed by atoms with Crippen LogP contribution in [0.25, 0.3) is 0 Å². The molecule has 0 aromatic heterocycles. The van der Waals surface area contributed by atoms with Crippen LogP contribution in [0.1, 0.15) is 58.3 Å². The number of hydrogen-bond acceptors (Lipinski definition) is 2. The second-order valence-electron chi connectivity index (χ2n) is 5.87. The van der Waals surface area contributed by atoms with Gasteiger partial charge in [0.2, 0.25) is 0 Å². The number of carbonyl (C=O) groups excluding carboxylic acids is 1. The van der Waals surface area contributed by atoms with Crippen LogP contribution in [-0.4, -0.2) is 16.9 Å². The van der Waals surface area contributed by atoms with Gasteiger partial charge in [0.1, 0.15) is 0 Å². The molecule has 1 aliphatic rings. The molecule has 1 atom stereocenters. The maximum Gasteiger partial charge on any atom is 0.303 e. The standard InChI is InChI=1S/C20H28O3/c1-2-3-4-5-6-10-13-18-17(15-16-19(18)21)12-9-7-8-11-14-20(22)23/h6-7,9-10,13,15-17H,2-5,8,11-12,14H2,1H3,(H,22,23)/t17-/m0/s1. The molecule has 0 unspecified atom stereocenters. The van der Waals surface area contributed by atoms with Crippen LogP contribution in [0.15, 0.2) is 48.1 Å². The summed E-state index contributed by atoms with van der Waals surface area (Å²) < 4.78 is 0. The molecule has 0 heterocycles. The Morgan fingerprint density at radius 1 is 1.17 bits per heavy atom. The summed E-state index contributed by atoms with van der Waals surface area (Å²) >= 11 is 0. The fourth-order valence-corrected chi connectivity index (χ4v) is 2.51. The number of allylic oxidation sites excluding steroid dienone is 8. The van der Waals surface area contributed by atoms with E-state index in [1.54, 1.807) is 6.08 Å². The van der Waals surface area contributed by atoms with Crippen molar-refractivity contribution >= 4 is 11.8 Å². The van der Waals surface area contributed by atoms with Crippen LogP contribution in [0.3, 0.4) is 0 Å². The molecular weight excluding hydrogens is 288 g/mol. The zero-order valence-corrected chi connectivity index (χ0v) is 14.0. The number of ketones is 1. The summed E-state index contributed by atoms with van der Waals surface area (Å²) in [6.45, 7) is 2.19. The molecule has 1 aliphatic carbocycles. The molecule has 3 nitrogen and oxygen atoms in total. The zero-order chi connectivity index (χ0) is 16.9. The SMILES string of the molecule is CCCCCC=CC=C1C(=O)C=C[C@@H]1CC=CCCCC(=O)O. The number of carbonyl (C=O) groups is 2. The normalized spacial score (nSPS) is 19.6.